The molecule has 3 rings (SSSR count). The van der Waals surface area contributed by atoms with Gasteiger partial charge in [-0.3, -0.25) is 9.67 Å². The lowest BCUT2D eigenvalue weighted by Crippen LogP contribution is -2.52. The second kappa shape index (κ2) is 11.1. The summed E-state index contributed by atoms with van der Waals surface area (Å²) >= 11 is 0. The quantitative estimate of drug-likeness (QED) is 0.277. The van der Waals surface area contributed by atoms with Gasteiger partial charge in [-0.15, -0.1) is 24.0 Å². The zero-order valence-corrected chi connectivity index (χ0v) is 19.0. The molecule has 0 saturated carbocycles. The molecular weight excluding hydrogens is 467 g/mol. The minimum absolute atomic E-state index is 0. The number of nitrogens with zero attached hydrogens (tertiary/aromatic N) is 5. The van der Waals surface area contributed by atoms with E-state index < -0.39 is 0 Å². The summed E-state index contributed by atoms with van der Waals surface area (Å²) < 4.78 is 1.84. The van der Waals surface area contributed by atoms with Crippen molar-refractivity contribution in [3.63, 3.8) is 0 Å². The van der Waals surface area contributed by atoms with E-state index in [1.54, 1.807) is 6.07 Å². The van der Waals surface area contributed by atoms with Crippen LogP contribution >= 0.6 is 24.0 Å². The van der Waals surface area contributed by atoms with Crippen LogP contribution in [0.5, 0.6) is 5.75 Å². The fraction of sp³-hybridized carbons (Fsp3) is 0.500. The number of hydrogen-bond donors (Lipinski definition) is 2. The maximum absolute atomic E-state index is 10.1. The molecule has 28 heavy (non-hydrogen) atoms. The maximum Gasteiger partial charge on any atom is 0.194 e. The Morgan fingerprint density at radius 1 is 1.21 bits per heavy atom. The molecule has 0 radical (unpaired) electrons. The monoisotopic (exact) mass is 498 g/mol. The number of aromatic nitrogens is 2. The topological polar surface area (TPSA) is 68.9 Å². The van der Waals surface area contributed by atoms with E-state index in [0.29, 0.717) is 5.75 Å². The second-order valence-corrected chi connectivity index (χ2v) is 6.82. The van der Waals surface area contributed by atoms with Crippen LogP contribution in [-0.4, -0.2) is 65.0 Å². The van der Waals surface area contributed by atoms with E-state index in [-0.39, 0.29) is 24.0 Å². The number of aryl methyl sites for hydroxylation is 2. The average Bonchev–Trinajstić information content (AvgIpc) is 3.10. The van der Waals surface area contributed by atoms with Crippen LogP contribution in [0.25, 0.3) is 0 Å². The van der Waals surface area contributed by atoms with Crippen LogP contribution in [0, 0.1) is 0 Å². The number of rotatable bonds is 6. The number of piperazine rings is 1. The molecule has 1 aliphatic rings. The minimum atomic E-state index is 0. The Morgan fingerprint density at radius 2 is 1.96 bits per heavy atom. The summed E-state index contributed by atoms with van der Waals surface area (Å²) in [7, 11) is 1.94. The highest BCUT2D eigenvalue weighted by Gasteiger charge is 2.21. The van der Waals surface area contributed by atoms with E-state index in [4.69, 9.17) is 4.99 Å². The third-order valence-electron chi connectivity index (χ3n) is 4.78. The third-order valence-corrected chi connectivity index (χ3v) is 4.78. The average molecular weight is 498 g/mol. The van der Waals surface area contributed by atoms with Crippen LogP contribution in [0.2, 0.25) is 0 Å². The van der Waals surface area contributed by atoms with Crippen LogP contribution < -0.4 is 10.2 Å². The molecule has 0 atom stereocenters. The Bertz CT molecular complexity index is 755. The summed E-state index contributed by atoms with van der Waals surface area (Å²) in [6.45, 7) is 7.29. The smallest absolute Gasteiger partial charge is 0.194 e. The van der Waals surface area contributed by atoms with Crippen molar-refractivity contribution in [1.29, 1.82) is 0 Å². The highest BCUT2D eigenvalue weighted by molar-refractivity contribution is 14.0. The summed E-state index contributed by atoms with van der Waals surface area (Å²) in [4.78, 5) is 9.35. The number of guanidine groups is 1. The molecule has 0 aliphatic carbocycles. The molecule has 154 valence electrons. The van der Waals surface area contributed by atoms with Crippen molar-refractivity contribution in [2.45, 2.75) is 19.8 Å². The van der Waals surface area contributed by atoms with E-state index in [1.165, 1.54) is 5.56 Å². The standard InChI is InChI=1S/C20H30N6O.HI/c1-3-21-20(22-10-6-7-17-15-23-24(2)16-17)26-13-11-25(12-14-26)18-8-4-5-9-19(18)27;/h4-5,8-9,15-16,27H,3,6-7,10-14H2,1-2H3,(H,21,22);1H. The Labute approximate surface area is 184 Å². The number of nitrogens with one attached hydrogen (secondary N) is 1. The van der Waals surface area contributed by atoms with E-state index in [9.17, 15) is 5.11 Å². The van der Waals surface area contributed by atoms with Gasteiger partial charge in [0.05, 0.1) is 11.9 Å². The molecule has 8 heteroatoms. The van der Waals surface area contributed by atoms with Crippen molar-refractivity contribution < 1.29 is 5.11 Å². The van der Waals surface area contributed by atoms with Gasteiger partial charge in [-0.2, -0.15) is 5.10 Å². The Hall–Kier alpha value is -1.97. The Balaban J connectivity index is 0.00000280. The first-order valence-electron chi connectivity index (χ1n) is 9.71. The predicted octanol–water partition coefficient (Wildman–Crippen LogP) is 2.46. The van der Waals surface area contributed by atoms with Gasteiger partial charge in [0.2, 0.25) is 0 Å². The fourth-order valence-electron chi connectivity index (χ4n) is 3.39. The molecule has 1 fully saturated rings. The summed E-state index contributed by atoms with van der Waals surface area (Å²) in [6, 6.07) is 7.55. The number of para-hydroxylation sites is 2. The predicted molar refractivity (Wildman–Crippen MR) is 125 cm³/mol. The molecule has 1 saturated heterocycles. The lowest BCUT2D eigenvalue weighted by atomic mass is 10.2. The van der Waals surface area contributed by atoms with Crippen LogP contribution in [0.1, 0.15) is 18.9 Å². The number of phenolic OH excluding ortho intramolecular Hbond substituents is 1. The van der Waals surface area contributed by atoms with Crippen molar-refractivity contribution in [3.05, 3.63) is 42.2 Å². The molecular formula is C20H31IN6O. The third kappa shape index (κ3) is 6.02. The lowest BCUT2D eigenvalue weighted by molar-refractivity contribution is 0.370. The first-order chi connectivity index (χ1) is 13.2. The van der Waals surface area contributed by atoms with Crippen molar-refractivity contribution in [2.75, 3.05) is 44.2 Å². The fourth-order valence-corrected chi connectivity index (χ4v) is 3.39. The second-order valence-electron chi connectivity index (χ2n) is 6.82. The van der Waals surface area contributed by atoms with Gasteiger partial charge in [0.25, 0.3) is 0 Å². The van der Waals surface area contributed by atoms with E-state index in [0.717, 1.165) is 63.8 Å². The van der Waals surface area contributed by atoms with E-state index in [1.807, 2.05) is 36.1 Å². The first kappa shape index (κ1) is 22.3. The van der Waals surface area contributed by atoms with Gasteiger partial charge in [0.15, 0.2) is 5.96 Å². The molecule has 1 aliphatic heterocycles. The van der Waals surface area contributed by atoms with Crippen molar-refractivity contribution in [2.24, 2.45) is 12.0 Å². The molecule has 0 bridgehead atoms. The Kier molecular flexibility index (Phi) is 8.88. The largest absolute Gasteiger partial charge is 0.506 e. The number of aromatic hydroxyl groups is 1. The summed E-state index contributed by atoms with van der Waals surface area (Å²) in [5, 5.41) is 17.7. The highest BCUT2D eigenvalue weighted by atomic mass is 127. The van der Waals surface area contributed by atoms with Crippen molar-refractivity contribution >= 4 is 35.6 Å². The van der Waals surface area contributed by atoms with Gasteiger partial charge < -0.3 is 20.2 Å². The van der Waals surface area contributed by atoms with Gasteiger partial charge in [0.1, 0.15) is 5.75 Å². The zero-order valence-electron chi connectivity index (χ0n) is 16.7. The van der Waals surface area contributed by atoms with E-state index in [2.05, 4.69) is 33.3 Å². The summed E-state index contributed by atoms with van der Waals surface area (Å²) in [5.41, 5.74) is 2.17. The van der Waals surface area contributed by atoms with E-state index >= 15 is 0 Å². The van der Waals surface area contributed by atoms with Gasteiger partial charge in [-0.25, -0.2) is 0 Å². The molecule has 1 aromatic carbocycles. The molecule has 0 spiro atoms. The number of phenols is 1. The summed E-state index contributed by atoms with van der Waals surface area (Å²) in [6.07, 6.45) is 6.00. The summed E-state index contributed by atoms with van der Waals surface area (Å²) in [5.74, 6) is 1.34. The van der Waals surface area contributed by atoms with Gasteiger partial charge in [0, 0.05) is 52.5 Å². The number of anilines is 1. The van der Waals surface area contributed by atoms with Gasteiger partial charge in [-0.05, 0) is 37.5 Å². The number of benzene rings is 1. The number of halogens is 1. The minimum Gasteiger partial charge on any atom is -0.506 e. The molecule has 1 aromatic heterocycles. The van der Waals surface area contributed by atoms with Crippen molar-refractivity contribution in [1.82, 2.24) is 20.0 Å². The number of aliphatic imine (C=N–C) groups is 1. The molecule has 2 aromatic rings. The maximum atomic E-state index is 10.1. The van der Waals surface area contributed by atoms with Crippen molar-refractivity contribution in [3.8, 4) is 5.75 Å². The molecule has 2 N–H and O–H groups in total. The van der Waals surface area contributed by atoms with Crippen LogP contribution in [0.15, 0.2) is 41.7 Å². The SMILES string of the molecule is CCNC(=NCCCc1cnn(C)c1)N1CCN(c2ccccc2O)CC1.I. The van der Waals surface area contributed by atoms with Gasteiger partial charge >= 0.3 is 0 Å². The van der Waals surface area contributed by atoms with Crippen LogP contribution in [0.4, 0.5) is 5.69 Å². The Morgan fingerprint density at radius 3 is 2.61 bits per heavy atom. The van der Waals surface area contributed by atoms with Gasteiger partial charge in [-0.1, -0.05) is 12.1 Å². The number of hydrogen-bond acceptors (Lipinski definition) is 4. The molecule has 0 amide bonds. The molecule has 0 unspecified atom stereocenters. The normalized spacial score (nSPS) is 14.7. The first-order valence-corrected chi connectivity index (χ1v) is 9.71. The van der Waals surface area contributed by atoms with Crippen LogP contribution in [-0.2, 0) is 13.5 Å². The highest BCUT2D eigenvalue weighted by Crippen LogP contribution is 2.27. The molecule has 2 heterocycles. The zero-order chi connectivity index (χ0) is 19.1. The van der Waals surface area contributed by atoms with Crippen LogP contribution in [0.3, 0.4) is 0 Å². The molecule has 7 nitrogen and oxygen atoms in total. The lowest BCUT2D eigenvalue weighted by Gasteiger charge is -2.37.